The Morgan fingerprint density at radius 1 is 1.53 bits per heavy atom. The standard InChI is InChI=1S/C11H13ClN2O/c1-15-7-3-4-9-8-13-11-10(12)5-2-6-14(9)11/h2,5-6,8H,3-4,7H2,1H3. The van der Waals surface area contributed by atoms with Crippen molar-refractivity contribution in [1.82, 2.24) is 9.38 Å². The third-order valence-electron chi connectivity index (χ3n) is 2.35. The zero-order chi connectivity index (χ0) is 10.7. The number of halogens is 1. The van der Waals surface area contributed by atoms with Crippen molar-refractivity contribution in [2.24, 2.45) is 0 Å². The number of rotatable bonds is 4. The van der Waals surface area contributed by atoms with Gasteiger partial charge in [-0.2, -0.15) is 0 Å². The zero-order valence-corrected chi connectivity index (χ0v) is 9.37. The first-order valence-electron chi connectivity index (χ1n) is 4.92. The van der Waals surface area contributed by atoms with E-state index in [4.69, 9.17) is 16.3 Å². The smallest absolute Gasteiger partial charge is 0.155 e. The van der Waals surface area contributed by atoms with Crippen molar-refractivity contribution < 1.29 is 4.74 Å². The van der Waals surface area contributed by atoms with Crippen LogP contribution in [0.25, 0.3) is 5.65 Å². The number of nitrogens with zero attached hydrogens (tertiary/aromatic N) is 2. The number of aryl methyl sites for hydroxylation is 1. The van der Waals surface area contributed by atoms with Crippen LogP contribution in [0.1, 0.15) is 12.1 Å². The van der Waals surface area contributed by atoms with E-state index in [1.165, 1.54) is 5.69 Å². The Morgan fingerprint density at radius 2 is 2.40 bits per heavy atom. The highest BCUT2D eigenvalue weighted by Crippen LogP contribution is 2.17. The Hall–Kier alpha value is -1.06. The van der Waals surface area contributed by atoms with Gasteiger partial charge in [-0.05, 0) is 25.0 Å². The van der Waals surface area contributed by atoms with E-state index in [2.05, 4.69) is 4.98 Å². The van der Waals surface area contributed by atoms with Crippen LogP contribution in [0.5, 0.6) is 0 Å². The van der Waals surface area contributed by atoms with Gasteiger partial charge in [-0.25, -0.2) is 4.98 Å². The summed E-state index contributed by atoms with van der Waals surface area (Å²) in [6.45, 7) is 0.772. The summed E-state index contributed by atoms with van der Waals surface area (Å²) in [7, 11) is 1.71. The van der Waals surface area contributed by atoms with Crippen LogP contribution >= 0.6 is 11.6 Å². The predicted octanol–water partition coefficient (Wildman–Crippen LogP) is 2.57. The molecule has 0 aliphatic heterocycles. The van der Waals surface area contributed by atoms with E-state index in [9.17, 15) is 0 Å². The molecule has 0 aliphatic carbocycles. The topological polar surface area (TPSA) is 26.5 Å². The van der Waals surface area contributed by atoms with Crippen LogP contribution in [0, 0.1) is 0 Å². The van der Waals surface area contributed by atoms with E-state index in [-0.39, 0.29) is 0 Å². The SMILES string of the molecule is COCCCc1cnc2c(Cl)cccn12. The summed E-state index contributed by atoms with van der Waals surface area (Å²) >= 11 is 6.02. The number of fused-ring (bicyclic) bond motifs is 1. The van der Waals surface area contributed by atoms with Gasteiger partial charge in [-0.1, -0.05) is 11.6 Å². The fourth-order valence-corrected chi connectivity index (χ4v) is 1.82. The molecule has 0 atom stereocenters. The van der Waals surface area contributed by atoms with Crippen molar-refractivity contribution in [2.75, 3.05) is 13.7 Å². The number of methoxy groups -OCH3 is 1. The first-order valence-corrected chi connectivity index (χ1v) is 5.30. The molecule has 4 heteroatoms. The van der Waals surface area contributed by atoms with Gasteiger partial charge in [0.1, 0.15) is 0 Å². The molecule has 2 heterocycles. The van der Waals surface area contributed by atoms with Crippen molar-refractivity contribution in [3.8, 4) is 0 Å². The van der Waals surface area contributed by atoms with Crippen LogP contribution < -0.4 is 0 Å². The van der Waals surface area contributed by atoms with Crippen LogP contribution in [-0.4, -0.2) is 23.1 Å². The quantitative estimate of drug-likeness (QED) is 0.747. The van der Waals surface area contributed by atoms with E-state index in [0.29, 0.717) is 5.02 Å². The molecule has 2 aromatic rings. The van der Waals surface area contributed by atoms with Gasteiger partial charge < -0.3 is 9.14 Å². The average Bonchev–Trinajstić information content (AvgIpc) is 2.64. The van der Waals surface area contributed by atoms with Crippen molar-refractivity contribution in [2.45, 2.75) is 12.8 Å². The van der Waals surface area contributed by atoms with E-state index in [0.717, 1.165) is 25.1 Å². The fourth-order valence-electron chi connectivity index (χ4n) is 1.61. The van der Waals surface area contributed by atoms with Crippen LogP contribution in [0.15, 0.2) is 24.5 Å². The molecule has 0 saturated carbocycles. The van der Waals surface area contributed by atoms with Gasteiger partial charge in [-0.15, -0.1) is 0 Å². The van der Waals surface area contributed by atoms with E-state index >= 15 is 0 Å². The van der Waals surface area contributed by atoms with Crippen LogP contribution in [0.3, 0.4) is 0 Å². The normalized spacial score (nSPS) is 11.1. The molecule has 0 unspecified atom stereocenters. The van der Waals surface area contributed by atoms with Crippen molar-refractivity contribution in [1.29, 1.82) is 0 Å². The summed E-state index contributed by atoms with van der Waals surface area (Å²) in [5, 5.41) is 0.690. The highest BCUT2D eigenvalue weighted by atomic mass is 35.5. The molecule has 0 aromatic carbocycles. The van der Waals surface area contributed by atoms with Crippen LogP contribution in [-0.2, 0) is 11.2 Å². The molecule has 0 saturated heterocycles. The van der Waals surface area contributed by atoms with Crippen LogP contribution in [0.4, 0.5) is 0 Å². The average molecular weight is 225 g/mol. The molecular formula is C11H13ClN2O. The maximum Gasteiger partial charge on any atom is 0.155 e. The van der Waals surface area contributed by atoms with Gasteiger partial charge in [0.15, 0.2) is 5.65 Å². The summed E-state index contributed by atoms with van der Waals surface area (Å²) in [5.41, 5.74) is 2.00. The summed E-state index contributed by atoms with van der Waals surface area (Å²) in [4.78, 5) is 4.29. The number of ether oxygens (including phenoxy) is 1. The largest absolute Gasteiger partial charge is 0.385 e. The van der Waals surface area contributed by atoms with Crippen LogP contribution in [0.2, 0.25) is 5.02 Å². The van der Waals surface area contributed by atoms with E-state index in [1.54, 1.807) is 7.11 Å². The number of aromatic nitrogens is 2. The summed E-state index contributed by atoms with van der Waals surface area (Å²) in [5.74, 6) is 0. The van der Waals surface area contributed by atoms with E-state index < -0.39 is 0 Å². The van der Waals surface area contributed by atoms with E-state index in [1.807, 2.05) is 28.9 Å². The first-order chi connectivity index (χ1) is 7.33. The van der Waals surface area contributed by atoms with Gasteiger partial charge in [0, 0.05) is 31.8 Å². The summed E-state index contributed by atoms with van der Waals surface area (Å²) < 4.78 is 7.05. The lowest BCUT2D eigenvalue weighted by Gasteiger charge is -2.01. The third-order valence-corrected chi connectivity index (χ3v) is 2.64. The second-order valence-electron chi connectivity index (χ2n) is 3.40. The van der Waals surface area contributed by atoms with Gasteiger partial charge in [0.05, 0.1) is 5.02 Å². The molecule has 0 aliphatic rings. The zero-order valence-electron chi connectivity index (χ0n) is 8.61. The molecular weight excluding hydrogens is 212 g/mol. The van der Waals surface area contributed by atoms with Crippen molar-refractivity contribution >= 4 is 17.2 Å². The second-order valence-corrected chi connectivity index (χ2v) is 3.80. The van der Waals surface area contributed by atoms with Gasteiger partial charge in [0.2, 0.25) is 0 Å². The molecule has 0 N–H and O–H groups in total. The lowest BCUT2D eigenvalue weighted by Crippen LogP contribution is -1.96. The minimum atomic E-state index is 0.690. The third kappa shape index (κ3) is 2.13. The summed E-state index contributed by atoms with van der Waals surface area (Å²) in [6.07, 6.45) is 5.80. The monoisotopic (exact) mass is 224 g/mol. The molecule has 0 bridgehead atoms. The minimum absolute atomic E-state index is 0.690. The Balaban J connectivity index is 2.25. The molecule has 0 amide bonds. The Labute approximate surface area is 93.6 Å². The fraction of sp³-hybridized carbons (Fsp3) is 0.364. The molecule has 0 spiro atoms. The second kappa shape index (κ2) is 4.64. The van der Waals surface area contributed by atoms with Crippen molar-refractivity contribution in [3.63, 3.8) is 0 Å². The number of hydrogen-bond acceptors (Lipinski definition) is 2. The maximum atomic E-state index is 6.02. The summed E-state index contributed by atoms with van der Waals surface area (Å²) in [6, 6.07) is 3.78. The molecule has 0 fully saturated rings. The first kappa shape index (κ1) is 10.5. The lowest BCUT2D eigenvalue weighted by molar-refractivity contribution is 0.195. The molecule has 2 rings (SSSR count). The Bertz CT molecular complexity index is 453. The number of imidazole rings is 1. The molecule has 15 heavy (non-hydrogen) atoms. The highest BCUT2D eigenvalue weighted by Gasteiger charge is 2.04. The van der Waals surface area contributed by atoms with Gasteiger partial charge in [0.25, 0.3) is 0 Å². The molecule has 0 radical (unpaired) electrons. The molecule has 2 aromatic heterocycles. The highest BCUT2D eigenvalue weighted by molar-refractivity contribution is 6.33. The lowest BCUT2D eigenvalue weighted by atomic mass is 10.2. The predicted molar refractivity (Wildman–Crippen MR) is 60.4 cm³/mol. The number of pyridine rings is 1. The Morgan fingerprint density at radius 3 is 3.20 bits per heavy atom. The van der Waals surface area contributed by atoms with Gasteiger partial charge in [-0.3, -0.25) is 0 Å². The molecule has 3 nitrogen and oxygen atoms in total. The van der Waals surface area contributed by atoms with Gasteiger partial charge >= 0.3 is 0 Å². The maximum absolute atomic E-state index is 6.02. The van der Waals surface area contributed by atoms with Crippen molar-refractivity contribution in [3.05, 3.63) is 35.2 Å². The number of hydrogen-bond donors (Lipinski definition) is 0. The Kier molecular flexibility index (Phi) is 3.23. The minimum Gasteiger partial charge on any atom is -0.385 e. The molecule has 80 valence electrons.